The first-order chi connectivity index (χ1) is 23.3. The highest BCUT2D eigenvalue weighted by Crippen LogP contribution is 2.62. The van der Waals surface area contributed by atoms with Gasteiger partial charge in [0.2, 0.25) is 0 Å². The van der Waals surface area contributed by atoms with Gasteiger partial charge >= 0.3 is 6.09 Å². The number of nitrogens with one attached hydrogen (secondary N) is 2. The average Bonchev–Trinajstić information content (AvgIpc) is 3.65. The van der Waals surface area contributed by atoms with Crippen molar-refractivity contribution in [3.05, 3.63) is 17.5 Å². The molecule has 7 atom stereocenters. The van der Waals surface area contributed by atoms with E-state index >= 15 is 0 Å². The second-order valence-corrected chi connectivity index (χ2v) is 18.0. The van der Waals surface area contributed by atoms with Gasteiger partial charge in [-0.15, -0.1) is 0 Å². The Balaban J connectivity index is 1.12. The molecule has 3 bridgehead atoms. The minimum absolute atomic E-state index is 0.0981. The molecule has 1 spiro atoms. The van der Waals surface area contributed by atoms with E-state index in [-0.39, 0.29) is 23.2 Å². The third-order valence-corrected chi connectivity index (χ3v) is 14.0. The molecule has 1 aromatic rings. The Kier molecular flexibility index (Phi) is 9.38. The van der Waals surface area contributed by atoms with Gasteiger partial charge in [-0.3, -0.25) is 5.43 Å². The highest BCUT2D eigenvalue weighted by atomic mass is 16.6. The number of fused-ring (bicyclic) bond motifs is 3. The number of carbonyl (C=O) groups is 1. The predicted molar refractivity (Wildman–Crippen MR) is 185 cm³/mol. The van der Waals surface area contributed by atoms with Gasteiger partial charge in [0.25, 0.3) is 0 Å². The van der Waals surface area contributed by atoms with Crippen molar-refractivity contribution in [2.75, 3.05) is 32.8 Å². The number of hydrogen-bond donors (Lipinski definition) is 2. The maximum Gasteiger partial charge on any atom is 0.410 e. The van der Waals surface area contributed by atoms with Crippen LogP contribution in [0.4, 0.5) is 4.79 Å². The van der Waals surface area contributed by atoms with E-state index in [0.717, 1.165) is 62.3 Å². The molecule has 0 radical (unpaired) electrons. The zero-order chi connectivity index (χ0) is 32.9. The number of piperidine rings is 2. The van der Waals surface area contributed by atoms with Crippen LogP contribution in [0.5, 0.6) is 0 Å². The molecular formula is C39H63N5O4. The summed E-state index contributed by atoms with van der Waals surface area (Å²) in [7, 11) is 0. The quantitative estimate of drug-likeness (QED) is 0.343. The van der Waals surface area contributed by atoms with E-state index < -0.39 is 5.60 Å². The number of nitrogens with zero attached hydrogens (tertiary/aromatic N) is 3. The summed E-state index contributed by atoms with van der Waals surface area (Å²) in [5.74, 6) is 4.25. The van der Waals surface area contributed by atoms with Crippen LogP contribution < -0.4 is 10.7 Å². The SMILES string of the molecule is CC(C)(C)OC(=O)N1CCC(c2cc(C3CC45C6CCCCCCC6C6CCCCCCCC(C6)(N3)C4CNN5C3COC3)on2)CC1. The smallest absolute Gasteiger partial charge is 0.410 e. The van der Waals surface area contributed by atoms with E-state index in [0.29, 0.717) is 36.9 Å². The van der Waals surface area contributed by atoms with Crippen molar-refractivity contribution in [2.45, 2.75) is 165 Å². The maximum atomic E-state index is 12.7. The van der Waals surface area contributed by atoms with Gasteiger partial charge in [0.1, 0.15) is 5.60 Å². The number of hydrazine groups is 1. The molecule has 4 aliphatic heterocycles. The second kappa shape index (κ2) is 13.5. The van der Waals surface area contributed by atoms with Crippen LogP contribution in [0.3, 0.4) is 0 Å². The molecule has 3 saturated carbocycles. The number of ether oxygens (including phenoxy) is 2. The summed E-state index contributed by atoms with van der Waals surface area (Å²) < 4.78 is 18.0. The Bertz CT molecular complexity index is 1270. The number of carbonyl (C=O) groups excluding carboxylic acids is 1. The molecular weight excluding hydrogens is 602 g/mol. The molecule has 9 heteroatoms. The molecule has 8 rings (SSSR count). The molecule has 268 valence electrons. The Morgan fingerprint density at radius 3 is 2.42 bits per heavy atom. The van der Waals surface area contributed by atoms with Crippen LogP contribution in [0, 0.1) is 23.7 Å². The van der Waals surface area contributed by atoms with Gasteiger partial charge in [-0.25, -0.2) is 9.80 Å². The van der Waals surface area contributed by atoms with Gasteiger partial charge in [-0.1, -0.05) is 69.4 Å². The molecule has 9 nitrogen and oxygen atoms in total. The fraction of sp³-hybridized carbons (Fsp3) is 0.897. The van der Waals surface area contributed by atoms with Crippen LogP contribution >= 0.6 is 0 Å². The first-order valence-corrected chi connectivity index (χ1v) is 20.1. The summed E-state index contributed by atoms with van der Waals surface area (Å²) >= 11 is 0. The van der Waals surface area contributed by atoms with Gasteiger partial charge in [0, 0.05) is 48.6 Å². The minimum atomic E-state index is -0.474. The summed E-state index contributed by atoms with van der Waals surface area (Å²) in [5.41, 5.74) is 4.89. The van der Waals surface area contributed by atoms with Crippen LogP contribution in [0.15, 0.2) is 10.6 Å². The molecule has 4 saturated heterocycles. The summed E-state index contributed by atoms with van der Waals surface area (Å²) in [5, 5.41) is 12.1. The monoisotopic (exact) mass is 665 g/mol. The van der Waals surface area contributed by atoms with E-state index in [2.05, 4.69) is 21.8 Å². The lowest BCUT2D eigenvalue weighted by Gasteiger charge is -2.60. The van der Waals surface area contributed by atoms with Crippen molar-refractivity contribution in [1.29, 1.82) is 0 Å². The fourth-order valence-electron chi connectivity index (χ4n) is 11.9. The van der Waals surface area contributed by atoms with E-state index in [1.165, 1.54) is 89.9 Å². The third-order valence-electron chi connectivity index (χ3n) is 14.0. The first kappa shape index (κ1) is 33.5. The van der Waals surface area contributed by atoms with Crippen molar-refractivity contribution in [1.82, 2.24) is 25.8 Å². The van der Waals surface area contributed by atoms with Crippen LogP contribution in [0.25, 0.3) is 0 Å². The Morgan fingerprint density at radius 2 is 1.67 bits per heavy atom. The number of rotatable bonds is 3. The van der Waals surface area contributed by atoms with Crippen LogP contribution in [-0.4, -0.2) is 76.7 Å². The lowest BCUT2D eigenvalue weighted by atomic mass is 9.57. The van der Waals surface area contributed by atoms with Crippen LogP contribution in [-0.2, 0) is 9.47 Å². The van der Waals surface area contributed by atoms with E-state index in [4.69, 9.17) is 19.2 Å². The molecule has 3 aliphatic carbocycles. The molecule has 1 aromatic heterocycles. The summed E-state index contributed by atoms with van der Waals surface area (Å²) in [6.45, 7) is 9.99. The lowest BCUT2D eigenvalue weighted by Crippen LogP contribution is -2.72. The number of aromatic nitrogens is 1. The van der Waals surface area contributed by atoms with Crippen LogP contribution in [0.2, 0.25) is 0 Å². The summed E-state index contributed by atoms with van der Waals surface area (Å²) in [6, 6.07) is 2.92. The fourth-order valence-corrected chi connectivity index (χ4v) is 11.9. The van der Waals surface area contributed by atoms with E-state index in [1.54, 1.807) is 0 Å². The van der Waals surface area contributed by atoms with Gasteiger partial charge in [-0.2, -0.15) is 0 Å². The molecule has 7 aliphatic rings. The van der Waals surface area contributed by atoms with Crippen molar-refractivity contribution in [2.24, 2.45) is 23.7 Å². The van der Waals surface area contributed by atoms with Crippen molar-refractivity contribution in [3.63, 3.8) is 0 Å². The molecule has 7 fully saturated rings. The summed E-state index contributed by atoms with van der Waals surface area (Å²) in [4.78, 5) is 14.6. The zero-order valence-electron chi connectivity index (χ0n) is 30.1. The Hall–Kier alpha value is -1.68. The maximum absolute atomic E-state index is 12.7. The van der Waals surface area contributed by atoms with E-state index in [9.17, 15) is 4.79 Å². The first-order valence-electron chi connectivity index (χ1n) is 20.1. The Labute approximate surface area is 288 Å². The Morgan fingerprint density at radius 1 is 0.938 bits per heavy atom. The second-order valence-electron chi connectivity index (χ2n) is 18.0. The zero-order valence-corrected chi connectivity index (χ0v) is 30.1. The standard InChI is InChI=1S/C39H63N5O4/c1-37(2,3)47-36(45)43-19-16-27(17-20-43)32-21-34(48-42-32)33-23-39-31-15-11-7-6-10-14-30(31)28-13-9-5-4-8-12-18-38(22-28,41-33)35(39)24-40-44(39)29-25-46-26-29/h21,27-31,33,35,40-41H,4-20,22-26H2,1-3H3. The van der Waals surface area contributed by atoms with Crippen molar-refractivity contribution < 1.29 is 18.8 Å². The molecule has 7 unspecified atom stereocenters. The minimum Gasteiger partial charge on any atom is -0.444 e. The van der Waals surface area contributed by atoms with Gasteiger partial charge in [-0.05, 0) is 83.5 Å². The highest BCUT2D eigenvalue weighted by Gasteiger charge is 2.69. The lowest BCUT2D eigenvalue weighted by molar-refractivity contribution is -0.156. The predicted octanol–water partition coefficient (Wildman–Crippen LogP) is 7.49. The van der Waals surface area contributed by atoms with Gasteiger partial charge < -0.3 is 24.2 Å². The summed E-state index contributed by atoms with van der Waals surface area (Å²) in [6.07, 6.45) is 21.9. The number of hydrogen-bond acceptors (Lipinski definition) is 8. The molecule has 0 aromatic carbocycles. The average molecular weight is 666 g/mol. The molecule has 2 N–H and O–H groups in total. The topological polar surface area (TPSA) is 92.1 Å². The largest absolute Gasteiger partial charge is 0.444 e. The van der Waals surface area contributed by atoms with Crippen molar-refractivity contribution >= 4 is 6.09 Å². The molecule has 1 amide bonds. The molecule has 48 heavy (non-hydrogen) atoms. The number of likely N-dealkylation sites (tertiary alicyclic amines) is 1. The highest BCUT2D eigenvalue weighted by molar-refractivity contribution is 5.68. The van der Waals surface area contributed by atoms with Crippen molar-refractivity contribution in [3.8, 4) is 0 Å². The molecule has 5 heterocycles. The number of amides is 1. The third kappa shape index (κ3) is 6.15. The normalized spacial score (nSPS) is 38.9. The van der Waals surface area contributed by atoms with Crippen LogP contribution in [0.1, 0.15) is 153 Å². The van der Waals surface area contributed by atoms with E-state index in [1.807, 2.05) is 25.7 Å². The van der Waals surface area contributed by atoms with Gasteiger partial charge in [0.15, 0.2) is 5.76 Å². The van der Waals surface area contributed by atoms with Gasteiger partial charge in [0.05, 0.1) is 31.0 Å².